The lowest BCUT2D eigenvalue weighted by atomic mass is 10.1. The largest absolute Gasteiger partial charge is 0.446 e. The van der Waals surface area contributed by atoms with E-state index in [2.05, 4.69) is 5.32 Å². The number of nitrogens with one attached hydrogen (secondary N) is 1. The van der Waals surface area contributed by atoms with Gasteiger partial charge in [-0.1, -0.05) is 0 Å². The molecule has 1 fully saturated rings. The third-order valence-corrected chi connectivity index (χ3v) is 4.09. The van der Waals surface area contributed by atoms with Crippen LogP contribution in [0.5, 0.6) is 0 Å². The molecule has 128 valence electrons. The Bertz CT molecular complexity index is 562. The summed E-state index contributed by atoms with van der Waals surface area (Å²) < 4.78 is 56.0. The third kappa shape index (κ3) is 5.28. The number of thioether (sulfide) groups is 1. The van der Waals surface area contributed by atoms with Gasteiger partial charge in [0.15, 0.2) is 0 Å². The molecule has 4 nitrogen and oxygen atoms in total. The van der Waals surface area contributed by atoms with Crippen LogP contribution in [0.3, 0.4) is 0 Å². The normalized spacial score (nSPS) is 16.2. The number of nitrogens with zero attached hydrogens (tertiary/aromatic N) is 1. The van der Waals surface area contributed by atoms with Crippen molar-refractivity contribution in [2.24, 2.45) is 0 Å². The topological polar surface area (TPSA) is 41.6 Å². The highest BCUT2D eigenvalue weighted by molar-refractivity contribution is 8.00. The maximum absolute atomic E-state index is 14.0. The molecule has 0 radical (unpaired) electrons. The Hall–Kier alpha value is -1.48. The van der Waals surface area contributed by atoms with Crippen molar-refractivity contribution in [1.82, 2.24) is 5.32 Å². The number of urea groups is 1. The summed E-state index contributed by atoms with van der Waals surface area (Å²) in [4.78, 5) is 12.9. The molecule has 1 saturated heterocycles. The average molecular weight is 352 g/mol. The Kier molecular flexibility index (Phi) is 5.74. The average Bonchev–Trinajstić information content (AvgIpc) is 2.46. The zero-order valence-electron chi connectivity index (χ0n) is 12.3. The minimum atomic E-state index is -4.49. The van der Waals surface area contributed by atoms with Gasteiger partial charge in [0.2, 0.25) is 0 Å². The molecule has 23 heavy (non-hydrogen) atoms. The van der Waals surface area contributed by atoms with E-state index in [0.29, 0.717) is 26.1 Å². The molecule has 1 aliphatic rings. The number of hydrogen-bond donors (Lipinski definition) is 1. The van der Waals surface area contributed by atoms with E-state index in [4.69, 9.17) is 4.74 Å². The number of ether oxygens (including phenoxy) is 1. The second kappa shape index (κ2) is 7.39. The number of hydrogen-bond acceptors (Lipinski definition) is 3. The van der Waals surface area contributed by atoms with Crippen molar-refractivity contribution < 1.29 is 27.1 Å². The van der Waals surface area contributed by atoms with Crippen LogP contribution in [0.4, 0.5) is 28.0 Å². The first-order valence-electron chi connectivity index (χ1n) is 6.93. The molecule has 0 bridgehead atoms. The molecule has 1 aliphatic heterocycles. The molecule has 0 atom stereocenters. The summed E-state index contributed by atoms with van der Waals surface area (Å²) in [5.41, 5.74) is -4.57. The molecule has 0 spiro atoms. The predicted molar refractivity (Wildman–Crippen MR) is 79.1 cm³/mol. The highest BCUT2D eigenvalue weighted by Gasteiger charge is 2.30. The Morgan fingerprint density at radius 1 is 1.35 bits per heavy atom. The maximum Gasteiger partial charge on any atom is 0.446 e. The fourth-order valence-electron chi connectivity index (χ4n) is 2.18. The van der Waals surface area contributed by atoms with E-state index < -0.39 is 29.1 Å². The summed E-state index contributed by atoms with van der Waals surface area (Å²) in [6, 6.07) is 2.50. The second-order valence-corrected chi connectivity index (χ2v) is 6.19. The maximum atomic E-state index is 14.0. The van der Waals surface area contributed by atoms with Crippen LogP contribution in [-0.2, 0) is 4.74 Å². The molecule has 1 aromatic carbocycles. The molecule has 0 aromatic heterocycles. The van der Waals surface area contributed by atoms with Crippen LogP contribution >= 0.6 is 11.8 Å². The Morgan fingerprint density at radius 2 is 2.00 bits per heavy atom. The summed E-state index contributed by atoms with van der Waals surface area (Å²) in [6.07, 6.45) is 1.34. The van der Waals surface area contributed by atoms with Crippen molar-refractivity contribution in [2.45, 2.75) is 29.3 Å². The molecular formula is C14H16F4N2O2S. The van der Waals surface area contributed by atoms with Crippen LogP contribution in [0.2, 0.25) is 0 Å². The molecule has 1 N–H and O–H groups in total. The lowest BCUT2D eigenvalue weighted by Gasteiger charge is -2.26. The van der Waals surface area contributed by atoms with Gasteiger partial charge < -0.3 is 10.1 Å². The van der Waals surface area contributed by atoms with Gasteiger partial charge in [0.1, 0.15) is 5.82 Å². The van der Waals surface area contributed by atoms with E-state index in [1.54, 1.807) is 0 Å². The van der Waals surface area contributed by atoms with E-state index >= 15 is 0 Å². The smallest absolute Gasteiger partial charge is 0.381 e. The van der Waals surface area contributed by atoms with Crippen LogP contribution < -0.4 is 10.2 Å². The van der Waals surface area contributed by atoms with E-state index in [9.17, 15) is 22.4 Å². The van der Waals surface area contributed by atoms with E-state index in [0.717, 1.165) is 23.1 Å². The predicted octanol–water partition coefficient (Wildman–Crippen LogP) is 3.76. The fraction of sp³-hybridized carbons (Fsp3) is 0.500. The van der Waals surface area contributed by atoms with Crippen molar-refractivity contribution in [2.75, 3.05) is 25.2 Å². The van der Waals surface area contributed by atoms with Crippen LogP contribution in [0.25, 0.3) is 0 Å². The number of benzene rings is 1. The Balaban J connectivity index is 2.03. The van der Waals surface area contributed by atoms with Gasteiger partial charge in [-0.25, -0.2) is 9.18 Å². The summed E-state index contributed by atoms with van der Waals surface area (Å²) >= 11 is -0.401. The minimum Gasteiger partial charge on any atom is -0.381 e. The number of alkyl halides is 3. The number of rotatable bonds is 3. The molecule has 1 heterocycles. The molecule has 1 aromatic rings. The van der Waals surface area contributed by atoms with E-state index in [-0.39, 0.29) is 16.6 Å². The van der Waals surface area contributed by atoms with Gasteiger partial charge in [-0.3, -0.25) is 4.90 Å². The molecule has 0 unspecified atom stereocenters. The first kappa shape index (κ1) is 17.9. The van der Waals surface area contributed by atoms with Gasteiger partial charge in [-0.05, 0) is 42.8 Å². The van der Waals surface area contributed by atoms with Gasteiger partial charge in [0.25, 0.3) is 0 Å². The van der Waals surface area contributed by atoms with Crippen LogP contribution in [0, 0.1) is 5.82 Å². The Labute approximate surface area is 135 Å². The number of amides is 2. The number of halogens is 4. The van der Waals surface area contributed by atoms with Gasteiger partial charge in [0, 0.05) is 31.2 Å². The number of anilines is 1. The SMILES string of the molecule is CN(C(=O)NC1CCOCC1)c1ccc(SC(F)(F)F)cc1F. The van der Waals surface area contributed by atoms with E-state index in [1.807, 2.05) is 0 Å². The Morgan fingerprint density at radius 3 is 2.57 bits per heavy atom. The van der Waals surface area contributed by atoms with Crippen LogP contribution in [0.1, 0.15) is 12.8 Å². The molecule has 2 amide bonds. The van der Waals surface area contributed by atoms with Gasteiger partial charge >= 0.3 is 11.5 Å². The van der Waals surface area contributed by atoms with Crippen LogP contribution in [0.15, 0.2) is 23.1 Å². The fourth-order valence-corrected chi connectivity index (χ4v) is 2.75. The number of carbonyl (C=O) groups excluding carboxylic acids is 1. The minimum absolute atomic E-state index is 0.0539. The van der Waals surface area contributed by atoms with Crippen molar-refractivity contribution >= 4 is 23.5 Å². The highest BCUT2D eigenvalue weighted by Crippen LogP contribution is 2.38. The van der Waals surface area contributed by atoms with E-state index in [1.165, 1.54) is 7.05 Å². The molecule has 0 saturated carbocycles. The van der Waals surface area contributed by atoms with Crippen molar-refractivity contribution in [3.8, 4) is 0 Å². The van der Waals surface area contributed by atoms with Crippen molar-refractivity contribution in [3.05, 3.63) is 24.0 Å². The molecule has 9 heteroatoms. The van der Waals surface area contributed by atoms with Crippen LogP contribution in [-0.4, -0.2) is 37.8 Å². The summed E-state index contributed by atoms with van der Waals surface area (Å²) in [5, 5.41) is 2.75. The second-order valence-electron chi connectivity index (χ2n) is 5.06. The zero-order valence-corrected chi connectivity index (χ0v) is 13.1. The quantitative estimate of drug-likeness (QED) is 0.665. The van der Waals surface area contributed by atoms with Gasteiger partial charge in [0.05, 0.1) is 5.69 Å². The molecule has 2 rings (SSSR count). The first-order valence-corrected chi connectivity index (χ1v) is 7.75. The summed E-state index contributed by atoms with van der Waals surface area (Å²) in [6.45, 7) is 1.10. The molecular weight excluding hydrogens is 336 g/mol. The van der Waals surface area contributed by atoms with Gasteiger partial charge in [-0.2, -0.15) is 13.2 Å². The van der Waals surface area contributed by atoms with Crippen molar-refractivity contribution in [3.63, 3.8) is 0 Å². The summed E-state index contributed by atoms with van der Waals surface area (Å²) in [5.74, 6) is -0.885. The zero-order chi connectivity index (χ0) is 17.0. The number of carbonyl (C=O) groups is 1. The lowest BCUT2D eigenvalue weighted by molar-refractivity contribution is -0.0328. The van der Waals surface area contributed by atoms with Crippen molar-refractivity contribution in [1.29, 1.82) is 0 Å². The monoisotopic (exact) mass is 352 g/mol. The standard InChI is InChI=1S/C14H16F4N2O2S/c1-20(13(21)19-9-4-6-22-7-5-9)12-3-2-10(8-11(12)15)23-14(16,17)18/h2-3,8-9H,4-7H2,1H3,(H,19,21). The summed E-state index contributed by atoms with van der Waals surface area (Å²) in [7, 11) is 1.36. The van der Waals surface area contributed by atoms with Gasteiger partial charge in [-0.15, -0.1) is 0 Å². The first-order chi connectivity index (χ1) is 10.8. The third-order valence-electron chi connectivity index (χ3n) is 3.37. The lowest BCUT2D eigenvalue weighted by Crippen LogP contribution is -2.45. The molecule has 0 aliphatic carbocycles. The highest BCUT2D eigenvalue weighted by atomic mass is 32.2.